The molecule has 20 heavy (non-hydrogen) atoms. The van der Waals surface area contributed by atoms with Gasteiger partial charge in [0.05, 0.1) is 0 Å². The van der Waals surface area contributed by atoms with Gasteiger partial charge in [0.2, 0.25) is 0 Å². The van der Waals surface area contributed by atoms with Gasteiger partial charge in [-0.15, -0.1) is 23.5 Å². The molecule has 0 spiro atoms. The highest BCUT2D eigenvalue weighted by atomic mass is 32.2. The fourth-order valence-electron chi connectivity index (χ4n) is 2.15. The predicted octanol–water partition coefficient (Wildman–Crippen LogP) is 6.34. The Morgan fingerprint density at radius 3 is 2.35 bits per heavy atom. The van der Waals surface area contributed by atoms with Crippen LogP contribution in [0.3, 0.4) is 0 Å². The molecule has 0 aliphatic rings. The van der Waals surface area contributed by atoms with Crippen LogP contribution in [0, 0.1) is 0 Å². The van der Waals surface area contributed by atoms with Crippen LogP contribution in [0.1, 0.15) is 51.5 Å². The third-order valence-corrected chi connectivity index (χ3v) is 6.17. The Balaban J connectivity index is 2.15. The second kappa shape index (κ2) is 11.6. The van der Waals surface area contributed by atoms with E-state index in [0.717, 1.165) is 21.0 Å². The molecule has 0 amide bonds. The summed E-state index contributed by atoms with van der Waals surface area (Å²) in [6.07, 6.45) is 7.49. The lowest BCUT2D eigenvalue weighted by atomic mass is 10.1. The Bertz CT molecular complexity index is 356. The van der Waals surface area contributed by atoms with Crippen molar-refractivity contribution in [1.29, 1.82) is 0 Å². The van der Waals surface area contributed by atoms with E-state index in [1.54, 1.807) is 0 Å². The Morgan fingerprint density at radius 1 is 1.10 bits per heavy atom. The lowest BCUT2D eigenvalue weighted by molar-refractivity contribution is 0.675. The minimum absolute atomic E-state index is 0.735. The van der Waals surface area contributed by atoms with E-state index in [1.165, 1.54) is 37.7 Å². The molecule has 1 aromatic carbocycles. The van der Waals surface area contributed by atoms with Crippen molar-refractivity contribution < 1.29 is 0 Å². The maximum Gasteiger partial charge on any atom is 0.104 e. The summed E-state index contributed by atoms with van der Waals surface area (Å²) < 4.78 is 1.14. The molecule has 0 N–H and O–H groups in total. The molecule has 0 fully saturated rings. The molecular weight excluding hydrogens is 300 g/mol. The van der Waals surface area contributed by atoms with Crippen molar-refractivity contribution in [2.45, 2.75) is 57.6 Å². The molecule has 3 heteroatoms. The van der Waals surface area contributed by atoms with Crippen LogP contribution in [0.25, 0.3) is 0 Å². The van der Waals surface area contributed by atoms with Crippen LogP contribution in [-0.4, -0.2) is 14.5 Å². The molecular formula is C17H26S3. The van der Waals surface area contributed by atoms with Crippen molar-refractivity contribution in [2.24, 2.45) is 0 Å². The van der Waals surface area contributed by atoms with Crippen LogP contribution in [-0.2, 0) is 6.42 Å². The van der Waals surface area contributed by atoms with Crippen LogP contribution in [0.2, 0.25) is 0 Å². The summed E-state index contributed by atoms with van der Waals surface area (Å²) in [5.41, 5.74) is 1.43. The van der Waals surface area contributed by atoms with Gasteiger partial charge in [-0.3, -0.25) is 0 Å². The summed E-state index contributed by atoms with van der Waals surface area (Å²) >= 11 is 9.32. The zero-order valence-corrected chi connectivity index (χ0v) is 15.1. The summed E-state index contributed by atoms with van der Waals surface area (Å²) in [7, 11) is 0. The maximum absolute atomic E-state index is 5.51. The molecule has 0 aliphatic heterocycles. The number of rotatable bonds is 9. The highest BCUT2D eigenvalue weighted by molar-refractivity contribution is 8.47. The van der Waals surface area contributed by atoms with Crippen LogP contribution in [0.4, 0.5) is 0 Å². The maximum atomic E-state index is 5.51. The van der Waals surface area contributed by atoms with Gasteiger partial charge in [0.25, 0.3) is 0 Å². The molecule has 0 unspecified atom stereocenters. The van der Waals surface area contributed by atoms with Gasteiger partial charge < -0.3 is 0 Å². The van der Waals surface area contributed by atoms with Gasteiger partial charge in [-0.25, -0.2) is 0 Å². The molecule has 0 saturated heterocycles. The summed E-state index contributed by atoms with van der Waals surface area (Å²) in [5.74, 6) is 1.14. The van der Waals surface area contributed by atoms with Crippen molar-refractivity contribution in [3.05, 3.63) is 35.9 Å². The van der Waals surface area contributed by atoms with E-state index in [4.69, 9.17) is 12.2 Å². The first kappa shape index (κ1) is 18.1. The van der Waals surface area contributed by atoms with E-state index in [-0.39, 0.29) is 0 Å². The number of thioether (sulfide) groups is 2. The van der Waals surface area contributed by atoms with Crippen molar-refractivity contribution in [3.63, 3.8) is 0 Å². The number of aryl methyl sites for hydroxylation is 1. The minimum atomic E-state index is 0.735. The van der Waals surface area contributed by atoms with E-state index in [1.807, 2.05) is 23.5 Å². The summed E-state index contributed by atoms with van der Waals surface area (Å²) in [6, 6.07) is 10.7. The Hall–Kier alpha value is 0.01000. The third-order valence-electron chi connectivity index (χ3n) is 3.16. The molecule has 1 aromatic rings. The highest BCUT2D eigenvalue weighted by Gasteiger charge is 2.10. The molecule has 1 rings (SSSR count). The van der Waals surface area contributed by atoms with Crippen molar-refractivity contribution in [3.8, 4) is 0 Å². The van der Waals surface area contributed by atoms with Gasteiger partial charge in [0.1, 0.15) is 3.53 Å². The van der Waals surface area contributed by atoms with Gasteiger partial charge in [-0.05, 0) is 37.0 Å². The Kier molecular flexibility index (Phi) is 10.5. The van der Waals surface area contributed by atoms with Crippen LogP contribution in [0.15, 0.2) is 30.3 Å². The monoisotopic (exact) mass is 326 g/mol. The molecule has 0 bridgehead atoms. The van der Waals surface area contributed by atoms with Crippen LogP contribution >= 0.6 is 35.7 Å². The Morgan fingerprint density at radius 2 is 1.75 bits per heavy atom. The van der Waals surface area contributed by atoms with Crippen LogP contribution < -0.4 is 0 Å². The predicted molar refractivity (Wildman–Crippen MR) is 101 cm³/mol. The lowest BCUT2D eigenvalue weighted by Gasteiger charge is -2.14. The number of hydrogen-bond acceptors (Lipinski definition) is 3. The summed E-state index contributed by atoms with van der Waals surface area (Å²) in [4.78, 5) is 0. The molecule has 0 nitrogen and oxygen atoms in total. The quantitative estimate of drug-likeness (QED) is 0.384. The number of hydrogen-bond donors (Lipinski definition) is 0. The molecule has 0 saturated carbocycles. The average molecular weight is 327 g/mol. The molecule has 0 aliphatic carbocycles. The van der Waals surface area contributed by atoms with E-state index in [9.17, 15) is 0 Å². The molecule has 0 heterocycles. The van der Waals surface area contributed by atoms with E-state index in [2.05, 4.69) is 44.2 Å². The normalized spacial score (nSPS) is 10.9. The van der Waals surface area contributed by atoms with E-state index >= 15 is 0 Å². The summed E-state index contributed by atoms with van der Waals surface area (Å²) in [5, 5.41) is 0.735. The second-order valence-corrected chi connectivity index (χ2v) is 8.60. The molecule has 0 aromatic heterocycles. The fourth-order valence-corrected chi connectivity index (χ4v) is 5.18. The van der Waals surface area contributed by atoms with Crippen LogP contribution in [0.5, 0.6) is 0 Å². The van der Waals surface area contributed by atoms with Gasteiger partial charge >= 0.3 is 0 Å². The highest BCUT2D eigenvalue weighted by Crippen LogP contribution is 2.28. The second-order valence-electron chi connectivity index (χ2n) is 5.00. The topological polar surface area (TPSA) is 0 Å². The molecule has 112 valence electrons. The van der Waals surface area contributed by atoms with Gasteiger partial charge in [0.15, 0.2) is 0 Å². The first-order valence-corrected chi connectivity index (χ1v) is 9.91. The first-order chi connectivity index (χ1) is 9.76. The van der Waals surface area contributed by atoms with Crippen molar-refractivity contribution in [2.75, 3.05) is 5.75 Å². The van der Waals surface area contributed by atoms with E-state index < -0.39 is 0 Å². The van der Waals surface area contributed by atoms with Crippen molar-refractivity contribution in [1.82, 2.24) is 0 Å². The zero-order valence-electron chi connectivity index (χ0n) is 12.6. The number of thiocarbonyl (C=S) groups is 1. The van der Waals surface area contributed by atoms with Gasteiger partial charge in [0, 0.05) is 5.25 Å². The lowest BCUT2D eigenvalue weighted by Crippen LogP contribution is -2.04. The minimum Gasteiger partial charge on any atom is -0.108 e. The smallest absolute Gasteiger partial charge is 0.104 e. The fraction of sp³-hybridized carbons (Fsp3) is 0.588. The Labute approximate surface area is 138 Å². The van der Waals surface area contributed by atoms with Crippen molar-refractivity contribution >= 4 is 39.3 Å². The van der Waals surface area contributed by atoms with E-state index in [0.29, 0.717) is 0 Å². The standard InChI is InChI=1S/C17H26S3/c1-3-9-16(10-4-2)20-17(18)19-14-8-13-15-11-6-5-7-12-15/h5-7,11-12,16H,3-4,8-10,13-14H2,1-2H3. The summed E-state index contributed by atoms with van der Waals surface area (Å²) in [6.45, 7) is 4.53. The average Bonchev–Trinajstić information content (AvgIpc) is 2.45. The van der Waals surface area contributed by atoms with Gasteiger partial charge in [-0.2, -0.15) is 0 Å². The SMILES string of the molecule is CCCC(CCC)SC(=S)SCCCc1ccccc1. The van der Waals surface area contributed by atoms with Gasteiger partial charge in [-0.1, -0.05) is 69.2 Å². The molecule has 0 atom stereocenters. The number of benzene rings is 1. The first-order valence-electron chi connectivity index (χ1n) is 7.63. The largest absolute Gasteiger partial charge is 0.108 e. The zero-order chi connectivity index (χ0) is 14.6. The third kappa shape index (κ3) is 8.33. The molecule has 0 radical (unpaired) electrons.